The van der Waals surface area contributed by atoms with E-state index in [0.29, 0.717) is 5.92 Å². The van der Waals surface area contributed by atoms with Crippen molar-refractivity contribution in [3.63, 3.8) is 0 Å². The molecule has 0 bridgehead atoms. The number of nitrogens with one attached hydrogen (secondary N) is 1. The van der Waals surface area contributed by atoms with E-state index in [2.05, 4.69) is 49.2 Å². The van der Waals surface area contributed by atoms with E-state index < -0.39 is 0 Å². The van der Waals surface area contributed by atoms with Crippen LogP contribution in [0, 0.1) is 19.8 Å². The lowest BCUT2D eigenvalue weighted by molar-refractivity contribution is -0.130. The fourth-order valence-electron chi connectivity index (χ4n) is 4.43. The van der Waals surface area contributed by atoms with Gasteiger partial charge in [-0.3, -0.25) is 4.79 Å². The summed E-state index contributed by atoms with van der Waals surface area (Å²) in [4.78, 5) is 15.5. The lowest BCUT2D eigenvalue weighted by Crippen LogP contribution is -2.50. The molecule has 1 aliphatic heterocycles. The van der Waals surface area contributed by atoms with Gasteiger partial charge in [-0.1, -0.05) is 42.7 Å². The number of aryl methyl sites for hydroxylation is 2. The van der Waals surface area contributed by atoms with Crippen molar-refractivity contribution in [1.82, 2.24) is 10.2 Å². The van der Waals surface area contributed by atoms with Crippen LogP contribution in [-0.2, 0) is 10.2 Å². The predicted molar refractivity (Wildman–Crippen MR) is 99.3 cm³/mol. The molecule has 0 aromatic heterocycles. The van der Waals surface area contributed by atoms with E-state index in [1.807, 2.05) is 0 Å². The Balaban J connectivity index is 1.62. The van der Waals surface area contributed by atoms with Crippen LogP contribution < -0.4 is 5.32 Å². The van der Waals surface area contributed by atoms with Crippen molar-refractivity contribution >= 4 is 5.91 Å². The van der Waals surface area contributed by atoms with Gasteiger partial charge in [-0.2, -0.15) is 0 Å². The zero-order valence-electron chi connectivity index (χ0n) is 15.5. The molecule has 1 saturated heterocycles. The summed E-state index contributed by atoms with van der Waals surface area (Å²) in [6.07, 6.45) is 5.59. The van der Waals surface area contributed by atoms with Gasteiger partial charge in [0.2, 0.25) is 5.91 Å². The van der Waals surface area contributed by atoms with Crippen molar-refractivity contribution in [1.29, 1.82) is 0 Å². The maximum absolute atomic E-state index is 13.0. The molecule has 3 rings (SSSR count). The summed E-state index contributed by atoms with van der Waals surface area (Å²) in [5.41, 5.74) is 3.48. The summed E-state index contributed by atoms with van der Waals surface area (Å²) in [5, 5.41) is 3.30. The molecule has 1 aromatic rings. The van der Waals surface area contributed by atoms with Crippen LogP contribution in [0.3, 0.4) is 0 Å². The number of hydrogen-bond donors (Lipinski definition) is 1. The SMILES string of the molecule is CCCN1CCC(CNC(=O)C2(c3cc(C)cc(C)c3)CCC2)C1. The normalized spacial score (nSPS) is 23.0. The molecule has 1 aliphatic carbocycles. The van der Waals surface area contributed by atoms with E-state index in [0.717, 1.165) is 32.4 Å². The van der Waals surface area contributed by atoms with Crippen molar-refractivity contribution in [2.45, 2.75) is 58.3 Å². The first-order chi connectivity index (χ1) is 11.5. The number of carbonyl (C=O) groups excluding carboxylic acids is 1. The highest BCUT2D eigenvalue weighted by Crippen LogP contribution is 2.44. The Morgan fingerprint density at radius 1 is 1.25 bits per heavy atom. The van der Waals surface area contributed by atoms with Crippen LogP contribution in [0.2, 0.25) is 0 Å². The molecular weight excluding hydrogens is 296 g/mol. The van der Waals surface area contributed by atoms with Gasteiger partial charge in [0.05, 0.1) is 5.41 Å². The Bertz CT molecular complexity index is 571. The smallest absolute Gasteiger partial charge is 0.230 e. The van der Waals surface area contributed by atoms with Crippen molar-refractivity contribution < 1.29 is 4.79 Å². The van der Waals surface area contributed by atoms with Gasteiger partial charge in [0, 0.05) is 13.1 Å². The minimum Gasteiger partial charge on any atom is -0.355 e. The molecule has 1 aromatic carbocycles. The summed E-state index contributed by atoms with van der Waals surface area (Å²) >= 11 is 0. The van der Waals surface area contributed by atoms with E-state index in [-0.39, 0.29) is 11.3 Å². The summed E-state index contributed by atoms with van der Waals surface area (Å²) < 4.78 is 0. The standard InChI is InChI=1S/C21H32N2O/c1-4-9-23-10-6-18(15-23)14-22-20(24)21(7-5-8-21)19-12-16(2)11-17(3)13-19/h11-13,18H,4-10,14-15H2,1-3H3,(H,22,24). The Morgan fingerprint density at radius 3 is 2.54 bits per heavy atom. The minimum atomic E-state index is -0.265. The molecule has 2 aliphatic rings. The molecule has 132 valence electrons. The first-order valence-corrected chi connectivity index (χ1v) is 9.63. The van der Waals surface area contributed by atoms with Crippen LogP contribution in [-0.4, -0.2) is 37.0 Å². The summed E-state index contributed by atoms with van der Waals surface area (Å²) in [5.74, 6) is 0.879. The first-order valence-electron chi connectivity index (χ1n) is 9.63. The van der Waals surface area contributed by atoms with Crippen LogP contribution >= 0.6 is 0 Å². The topological polar surface area (TPSA) is 32.3 Å². The summed E-state index contributed by atoms with van der Waals surface area (Å²) in [6, 6.07) is 6.61. The lowest BCUT2D eigenvalue weighted by Gasteiger charge is -2.41. The zero-order valence-corrected chi connectivity index (χ0v) is 15.5. The highest BCUT2D eigenvalue weighted by molar-refractivity contribution is 5.89. The Morgan fingerprint density at radius 2 is 1.96 bits per heavy atom. The first kappa shape index (κ1) is 17.5. The number of benzene rings is 1. The van der Waals surface area contributed by atoms with Crippen LogP contribution in [0.5, 0.6) is 0 Å². The highest BCUT2D eigenvalue weighted by Gasteiger charge is 2.45. The Labute approximate surface area is 146 Å². The fourth-order valence-corrected chi connectivity index (χ4v) is 4.43. The number of likely N-dealkylation sites (tertiary alicyclic amines) is 1. The Hall–Kier alpha value is -1.35. The lowest BCUT2D eigenvalue weighted by atomic mass is 9.63. The predicted octanol–water partition coefficient (Wildman–Crippen LogP) is 3.57. The molecule has 1 amide bonds. The van der Waals surface area contributed by atoms with E-state index in [1.165, 1.54) is 42.6 Å². The highest BCUT2D eigenvalue weighted by atomic mass is 16.2. The van der Waals surface area contributed by atoms with Gasteiger partial charge in [0.25, 0.3) is 0 Å². The van der Waals surface area contributed by atoms with E-state index in [4.69, 9.17) is 0 Å². The maximum Gasteiger partial charge on any atom is 0.230 e. The van der Waals surface area contributed by atoms with E-state index >= 15 is 0 Å². The fraction of sp³-hybridized carbons (Fsp3) is 0.667. The Kier molecular flexibility index (Phi) is 5.29. The molecule has 1 atom stereocenters. The number of hydrogen-bond acceptors (Lipinski definition) is 2. The summed E-state index contributed by atoms with van der Waals surface area (Å²) in [6.45, 7) is 10.9. The average molecular weight is 329 g/mol. The maximum atomic E-state index is 13.0. The molecule has 3 nitrogen and oxygen atoms in total. The van der Waals surface area contributed by atoms with Crippen molar-refractivity contribution in [3.8, 4) is 0 Å². The minimum absolute atomic E-state index is 0.257. The molecule has 3 heteroatoms. The van der Waals surface area contributed by atoms with Crippen LogP contribution in [0.25, 0.3) is 0 Å². The monoisotopic (exact) mass is 328 g/mol. The molecule has 1 unspecified atom stereocenters. The molecule has 1 N–H and O–H groups in total. The summed E-state index contributed by atoms with van der Waals surface area (Å²) in [7, 11) is 0. The second kappa shape index (κ2) is 7.26. The number of amides is 1. The van der Waals surface area contributed by atoms with E-state index in [1.54, 1.807) is 0 Å². The number of nitrogens with zero attached hydrogens (tertiary/aromatic N) is 1. The average Bonchev–Trinajstić information content (AvgIpc) is 2.91. The quantitative estimate of drug-likeness (QED) is 0.866. The third kappa shape index (κ3) is 3.51. The molecule has 1 saturated carbocycles. The molecular formula is C21H32N2O. The third-order valence-electron chi connectivity index (χ3n) is 5.88. The van der Waals surface area contributed by atoms with Gasteiger partial charge in [-0.05, 0) is 64.1 Å². The van der Waals surface area contributed by atoms with Gasteiger partial charge in [-0.15, -0.1) is 0 Å². The number of carbonyl (C=O) groups is 1. The van der Waals surface area contributed by atoms with Crippen molar-refractivity contribution in [2.75, 3.05) is 26.2 Å². The van der Waals surface area contributed by atoms with Gasteiger partial charge in [0.15, 0.2) is 0 Å². The van der Waals surface area contributed by atoms with Gasteiger partial charge in [-0.25, -0.2) is 0 Å². The third-order valence-corrected chi connectivity index (χ3v) is 5.88. The van der Waals surface area contributed by atoms with Crippen molar-refractivity contribution in [3.05, 3.63) is 34.9 Å². The largest absolute Gasteiger partial charge is 0.355 e. The van der Waals surface area contributed by atoms with Gasteiger partial charge < -0.3 is 10.2 Å². The molecule has 24 heavy (non-hydrogen) atoms. The number of rotatable bonds is 6. The van der Waals surface area contributed by atoms with Crippen molar-refractivity contribution in [2.24, 2.45) is 5.92 Å². The van der Waals surface area contributed by atoms with Crippen LogP contribution in [0.4, 0.5) is 0 Å². The van der Waals surface area contributed by atoms with Gasteiger partial charge >= 0.3 is 0 Å². The van der Waals surface area contributed by atoms with E-state index in [9.17, 15) is 4.79 Å². The molecule has 1 heterocycles. The second-order valence-electron chi connectivity index (χ2n) is 7.98. The zero-order chi connectivity index (χ0) is 17.2. The van der Waals surface area contributed by atoms with Crippen LogP contribution in [0.15, 0.2) is 18.2 Å². The van der Waals surface area contributed by atoms with Gasteiger partial charge in [0.1, 0.15) is 0 Å². The molecule has 0 spiro atoms. The molecule has 0 radical (unpaired) electrons. The van der Waals surface area contributed by atoms with Crippen LogP contribution in [0.1, 0.15) is 55.7 Å². The second-order valence-corrected chi connectivity index (χ2v) is 7.98. The molecule has 2 fully saturated rings.